The Balaban J connectivity index is 1.93. The molecule has 16 heavy (non-hydrogen) atoms. The van der Waals surface area contributed by atoms with Crippen molar-refractivity contribution in [2.24, 2.45) is 5.41 Å². The summed E-state index contributed by atoms with van der Waals surface area (Å²) < 4.78 is 5.51. The molecule has 2 unspecified atom stereocenters. The largest absolute Gasteiger partial charge is 0.481 e. The number of likely N-dealkylation sites (tertiary alicyclic amines) is 1. The van der Waals surface area contributed by atoms with Gasteiger partial charge in [0.15, 0.2) is 0 Å². The van der Waals surface area contributed by atoms with Crippen LogP contribution >= 0.6 is 0 Å². The van der Waals surface area contributed by atoms with E-state index in [2.05, 4.69) is 0 Å². The van der Waals surface area contributed by atoms with E-state index in [1.165, 1.54) is 0 Å². The van der Waals surface area contributed by atoms with Crippen LogP contribution in [0.1, 0.15) is 26.2 Å². The Hall–Kier alpha value is -1.10. The van der Waals surface area contributed by atoms with Gasteiger partial charge in [-0.05, 0) is 12.8 Å². The second-order valence-electron chi connectivity index (χ2n) is 4.93. The third-order valence-corrected chi connectivity index (χ3v) is 3.57. The molecule has 2 aliphatic rings. The van der Waals surface area contributed by atoms with Crippen molar-refractivity contribution in [2.75, 3.05) is 19.7 Å². The summed E-state index contributed by atoms with van der Waals surface area (Å²) in [5.41, 5.74) is 0.0196. The number of rotatable bonds is 2. The van der Waals surface area contributed by atoms with Crippen LogP contribution in [-0.2, 0) is 14.3 Å². The summed E-state index contributed by atoms with van der Waals surface area (Å²) in [6, 6.07) is 0. The molecule has 2 rings (SSSR count). The third kappa shape index (κ3) is 2.19. The summed E-state index contributed by atoms with van der Waals surface area (Å²) in [6.07, 6.45) is 1.59. The van der Waals surface area contributed by atoms with Gasteiger partial charge in [-0.3, -0.25) is 9.59 Å². The molecule has 1 spiro atoms. The van der Waals surface area contributed by atoms with E-state index in [9.17, 15) is 9.59 Å². The Morgan fingerprint density at radius 2 is 2.31 bits per heavy atom. The van der Waals surface area contributed by atoms with E-state index < -0.39 is 5.97 Å². The van der Waals surface area contributed by atoms with Crippen LogP contribution in [0.3, 0.4) is 0 Å². The van der Waals surface area contributed by atoms with Crippen LogP contribution in [0.25, 0.3) is 0 Å². The first-order valence-electron chi connectivity index (χ1n) is 5.60. The van der Waals surface area contributed by atoms with Gasteiger partial charge in [0, 0.05) is 25.4 Å². The zero-order chi connectivity index (χ0) is 11.8. The average molecular weight is 227 g/mol. The first-order chi connectivity index (χ1) is 7.51. The zero-order valence-electron chi connectivity index (χ0n) is 9.44. The minimum atomic E-state index is -0.816. The molecule has 0 aromatic carbocycles. The predicted octanol–water partition coefficient (Wildman–Crippen LogP) is 0.489. The highest BCUT2D eigenvalue weighted by Gasteiger charge is 2.46. The lowest BCUT2D eigenvalue weighted by atomic mass is 9.84. The molecule has 0 radical (unpaired) electrons. The van der Waals surface area contributed by atoms with Gasteiger partial charge in [0.1, 0.15) is 0 Å². The van der Waals surface area contributed by atoms with Crippen LogP contribution in [-0.4, -0.2) is 47.7 Å². The molecule has 5 heteroatoms. The minimum absolute atomic E-state index is 0.0196. The molecule has 0 aliphatic carbocycles. The fraction of sp³-hybridized carbons (Fsp3) is 0.818. The summed E-state index contributed by atoms with van der Waals surface area (Å²) >= 11 is 0. The van der Waals surface area contributed by atoms with Gasteiger partial charge < -0.3 is 14.7 Å². The van der Waals surface area contributed by atoms with Crippen molar-refractivity contribution in [1.29, 1.82) is 0 Å². The Labute approximate surface area is 94.4 Å². The van der Waals surface area contributed by atoms with Crippen molar-refractivity contribution in [1.82, 2.24) is 4.90 Å². The van der Waals surface area contributed by atoms with E-state index in [-0.39, 0.29) is 23.8 Å². The number of amides is 1. The lowest BCUT2D eigenvalue weighted by Crippen LogP contribution is -2.30. The number of carboxylic acids is 1. The highest BCUT2D eigenvalue weighted by atomic mass is 16.5. The van der Waals surface area contributed by atoms with Crippen LogP contribution < -0.4 is 0 Å². The molecule has 0 saturated carbocycles. The van der Waals surface area contributed by atoms with Gasteiger partial charge in [0.25, 0.3) is 0 Å². The zero-order valence-corrected chi connectivity index (χ0v) is 9.44. The minimum Gasteiger partial charge on any atom is -0.481 e. The molecule has 1 N–H and O–H groups in total. The molecule has 90 valence electrons. The van der Waals surface area contributed by atoms with E-state index in [4.69, 9.17) is 9.84 Å². The Bertz CT molecular complexity index is 317. The molecule has 5 nitrogen and oxygen atoms in total. The summed E-state index contributed by atoms with van der Waals surface area (Å²) in [7, 11) is 0. The van der Waals surface area contributed by atoms with Crippen molar-refractivity contribution in [2.45, 2.75) is 32.3 Å². The van der Waals surface area contributed by atoms with Crippen molar-refractivity contribution < 1.29 is 19.4 Å². The molecule has 0 aromatic heterocycles. The van der Waals surface area contributed by atoms with Gasteiger partial charge in [-0.1, -0.05) is 0 Å². The Kier molecular flexibility index (Phi) is 2.88. The fourth-order valence-electron chi connectivity index (χ4n) is 2.71. The maximum absolute atomic E-state index is 11.2. The van der Waals surface area contributed by atoms with Crippen LogP contribution in [0.15, 0.2) is 0 Å². The summed E-state index contributed by atoms with van der Waals surface area (Å²) in [5.74, 6) is -0.720. The standard InChI is InChI=1S/C11H17NO4/c1-8(13)12-3-2-11(6-12)5-9(16-7-11)4-10(14)15/h9H,2-7H2,1H3,(H,14,15). The van der Waals surface area contributed by atoms with Crippen molar-refractivity contribution >= 4 is 11.9 Å². The maximum Gasteiger partial charge on any atom is 0.305 e. The summed E-state index contributed by atoms with van der Waals surface area (Å²) in [4.78, 5) is 23.6. The van der Waals surface area contributed by atoms with Gasteiger partial charge >= 0.3 is 5.97 Å². The first-order valence-corrected chi connectivity index (χ1v) is 5.60. The molecule has 2 atom stereocenters. The molecule has 2 fully saturated rings. The summed E-state index contributed by atoms with van der Waals surface area (Å²) in [5, 5.41) is 8.70. The van der Waals surface area contributed by atoms with E-state index in [1.54, 1.807) is 6.92 Å². The van der Waals surface area contributed by atoms with E-state index in [0.717, 1.165) is 25.9 Å². The van der Waals surface area contributed by atoms with Crippen LogP contribution in [0, 0.1) is 5.41 Å². The lowest BCUT2D eigenvalue weighted by Gasteiger charge is -2.21. The fourth-order valence-corrected chi connectivity index (χ4v) is 2.71. The average Bonchev–Trinajstić information content (AvgIpc) is 2.74. The van der Waals surface area contributed by atoms with Crippen molar-refractivity contribution in [3.05, 3.63) is 0 Å². The number of carbonyl (C=O) groups excluding carboxylic acids is 1. The quantitative estimate of drug-likeness (QED) is 0.745. The number of carboxylic acid groups (broad SMARTS) is 1. The van der Waals surface area contributed by atoms with E-state index in [0.29, 0.717) is 6.61 Å². The number of aliphatic carboxylic acids is 1. The number of hydrogen-bond donors (Lipinski definition) is 1. The molecule has 0 bridgehead atoms. The molecule has 2 heterocycles. The van der Waals surface area contributed by atoms with Crippen LogP contribution in [0.5, 0.6) is 0 Å². The predicted molar refractivity (Wildman–Crippen MR) is 55.9 cm³/mol. The summed E-state index contributed by atoms with van der Waals surface area (Å²) in [6.45, 7) is 3.66. The second kappa shape index (κ2) is 4.05. The number of nitrogens with zero attached hydrogens (tertiary/aromatic N) is 1. The van der Waals surface area contributed by atoms with Crippen molar-refractivity contribution in [3.8, 4) is 0 Å². The van der Waals surface area contributed by atoms with Gasteiger partial charge in [-0.25, -0.2) is 0 Å². The molecule has 1 amide bonds. The molecule has 2 saturated heterocycles. The number of hydrogen-bond acceptors (Lipinski definition) is 3. The lowest BCUT2D eigenvalue weighted by molar-refractivity contribution is -0.139. The smallest absolute Gasteiger partial charge is 0.305 e. The molecule has 0 aromatic rings. The normalized spacial score (nSPS) is 33.6. The molecular weight excluding hydrogens is 210 g/mol. The topological polar surface area (TPSA) is 66.8 Å². The van der Waals surface area contributed by atoms with E-state index in [1.807, 2.05) is 4.90 Å². The van der Waals surface area contributed by atoms with E-state index >= 15 is 0 Å². The molecular formula is C11H17NO4. The SMILES string of the molecule is CC(=O)N1CCC2(COC(CC(=O)O)C2)C1. The Morgan fingerprint density at radius 1 is 1.56 bits per heavy atom. The van der Waals surface area contributed by atoms with Gasteiger partial charge in [0.05, 0.1) is 19.1 Å². The van der Waals surface area contributed by atoms with Gasteiger partial charge in [-0.15, -0.1) is 0 Å². The number of carbonyl (C=O) groups is 2. The van der Waals surface area contributed by atoms with Crippen LogP contribution in [0.4, 0.5) is 0 Å². The maximum atomic E-state index is 11.2. The monoisotopic (exact) mass is 227 g/mol. The highest BCUT2D eigenvalue weighted by Crippen LogP contribution is 2.41. The van der Waals surface area contributed by atoms with Gasteiger partial charge in [-0.2, -0.15) is 0 Å². The Morgan fingerprint density at radius 3 is 2.88 bits per heavy atom. The van der Waals surface area contributed by atoms with Crippen molar-refractivity contribution in [3.63, 3.8) is 0 Å². The molecule has 2 aliphatic heterocycles. The van der Waals surface area contributed by atoms with Gasteiger partial charge in [0.2, 0.25) is 5.91 Å². The first kappa shape index (κ1) is 11.4. The number of ether oxygens (including phenoxy) is 1. The van der Waals surface area contributed by atoms with Crippen LogP contribution in [0.2, 0.25) is 0 Å². The highest BCUT2D eigenvalue weighted by molar-refractivity contribution is 5.73. The second-order valence-corrected chi connectivity index (χ2v) is 4.93. The third-order valence-electron chi connectivity index (χ3n) is 3.57.